The Morgan fingerprint density at radius 3 is 2.71 bits per heavy atom. The summed E-state index contributed by atoms with van der Waals surface area (Å²) in [5.41, 5.74) is 3.18. The number of carbonyl (C=O) groups is 1. The lowest BCUT2D eigenvalue weighted by Crippen LogP contribution is -2.14. The number of carbonyl (C=O) groups excluding carboxylic acids is 1. The summed E-state index contributed by atoms with van der Waals surface area (Å²) >= 11 is 6.18. The minimum absolute atomic E-state index is 0.0465. The Labute approximate surface area is 185 Å². The number of hydrogen-bond donors (Lipinski definition) is 0. The zero-order chi connectivity index (χ0) is 21.8. The van der Waals surface area contributed by atoms with Gasteiger partial charge in [0.15, 0.2) is 15.5 Å². The summed E-state index contributed by atoms with van der Waals surface area (Å²) in [7, 11) is -3.08. The number of pyridine rings is 1. The van der Waals surface area contributed by atoms with Crippen LogP contribution in [-0.2, 0) is 21.2 Å². The van der Waals surface area contributed by atoms with Gasteiger partial charge in [-0.3, -0.25) is 0 Å². The number of fused-ring (bicyclic) bond motifs is 1. The van der Waals surface area contributed by atoms with E-state index in [0.29, 0.717) is 39.7 Å². The largest absolute Gasteiger partial charge is 0.457 e. The Kier molecular flexibility index (Phi) is 5.01. The minimum atomic E-state index is -3.08. The normalized spacial score (nSPS) is 20.3. The Bertz CT molecular complexity index is 1300. The molecule has 9 heteroatoms. The molecule has 1 saturated carbocycles. The van der Waals surface area contributed by atoms with Crippen LogP contribution >= 0.6 is 11.6 Å². The quantitative estimate of drug-likeness (QED) is 0.536. The maximum Gasteiger partial charge on any atom is 0.339 e. The number of rotatable bonds is 5. The first kappa shape index (κ1) is 20.5. The molecule has 1 unspecified atom stereocenters. The molecule has 2 fully saturated rings. The van der Waals surface area contributed by atoms with Crippen molar-refractivity contribution in [2.75, 3.05) is 11.5 Å². The molecule has 0 bridgehead atoms. The highest BCUT2D eigenvalue weighted by Gasteiger charge is 2.34. The van der Waals surface area contributed by atoms with E-state index in [1.165, 1.54) is 0 Å². The fraction of sp³-hybridized carbons (Fsp3) is 0.409. The van der Waals surface area contributed by atoms with Gasteiger partial charge in [-0.2, -0.15) is 5.10 Å². The number of nitrogens with zero attached hydrogens (tertiary/aromatic N) is 3. The van der Waals surface area contributed by atoms with E-state index in [1.807, 2.05) is 25.1 Å². The van der Waals surface area contributed by atoms with E-state index in [9.17, 15) is 13.2 Å². The Morgan fingerprint density at radius 2 is 2.03 bits per heavy atom. The highest BCUT2D eigenvalue weighted by atomic mass is 35.5. The van der Waals surface area contributed by atoms with Crippen molar-refractivity contribution in [1.29, 1.82) is 0 Å². The zero-order valence-corrected chi connectivity index (χ0v) is 18.6. The van der Waals surface area contributed by atoms with Gasteiger partial charge in [-0.05, 0) is 38.3 Å². The number of benzene rings is 1. The van der Waals surface area contributed by atoms with E-state index in [1.54, 1.807) is 16.8 Å². The highest BCUT2D eigenvalue weighted by molar-refractivity contribution is 7.91. The lowest BCUT2D eigenvalue weighted by molar-refractivity contribution is 0.0475. The van der Waals surface area contributed by atoms with Gasteiger partial charge in [0.1, 0.15) is 6.61 Å². The third kappa shape index (κ3) is 3.94. The molecule has 2 aliphatic rings. The van der Waals surface area contributed by atoms with Crippen LogP contribution in [0.1, 0.15) is 58.5 Å². The molecule has 0 amide bonds. The van der Waals surface area contributed by atoms with E-state index < -0.39 is 15.8 Å². The monoisotopic (exact) mass is 459 g/mol. The fourth-order valence-electron chi connectivity index (χ4n) is 4.14. The average molecular weight is 460 g/mol. The van der Waals surface area contributed by atoms with E-state index in [0.717, 1.165) is 24.1 Å². The summed E-state index contributed by atoms with van der Waals surface area (Å²) in [5.74, 6) is 0.0456. The molecule has 1 saturated heterocycles. The van der Waals surface area contributed by atoms with E-state index in [4.69, 9.17) is 21.3 Å². The van der Waals surface area contributed by atoms with Crippen molar-refractivity contribution < 1.29 is 17.9 Å². The van der Waals surface area contributed by atoms with Gasteiger partial charge in [-0.15, -0.1) is 0 Å². The fourth-order valence-corrected chi connectivity index (χ4v) is 6.02. The molecule has 162 valence electrons. The van der Waals surface area contributed by atoms with Gasteiger partial charge in [0, 0.05) is 22.2 Å². The van der Waals surface area contributed by atoms with Crippen LogP contribution in [0, 0.1) is 6.92 Å². The molecule has 1 aliphatic carbocycles. The maximum absolute atomic E-state index is 13.1. The van der Waals surface area contributed by atoms with E-state index >= 15 is 0 Å². The van der Waals surface area contributed by atoms with Gasteiger partial charge in [-0.1, -0.05) is 29.8 Å². The molecule has 1 aromatic carbocycles. The minimum Gasteiger partial charge on any atom is -0.457 e. The second-order valence-electron chi connectivity index (χ2n) is 8.32. The van der Waals surface area contributed by atoms with Gasteiger partial charge >= 0.3 is 5.97 Å². The molecule has 3 heterocycles. The van der Waals surface area contributed by atoms with Crippen LogP contribution in [0.4, 0.5) is 0 Å². The maximum atomic E-state index is 13.1. The van der Waals surface area contributed by atoms with Gasteiger partial charge in [-0.25, -0.2) is 22.9 Å². The van der Waals surface area contributed by atoms with Crippen LogP contribution < -0.4 is 0 Å². The summed E-state index contributed by atoms with van der Waals surface area (Å²) < 4.78 is 31.3. The van der Waals surface area contributed by atoms with Gasteiger partial charge in [0.2, 0.25) is 0 Å². The number of ether oxygens (including phenoxy) is 1. The molecule has 0 spiro atoms. The third-order valence-electron chi connectivity index (χ3n) is 5.94. The summed E-state index contributed by atoms with van der Waals surface area (Å²) in [6.45, 7) is 1.88. The van der Waals surface area contributed by atoms with Crippen LogP contribution in [0.3, 0.4) is 0 Å². The smallest absolute Gasteiger partial charge is 0.339 e. The Balaban J connectivity index is 1.54. The van der Waals surface area contributed by atoms with Gasteiger partial charge in [0.05, 0.1) is 34.2 Å². The van der Waals surface area contributed by atoms with Gasteiger partial charge < -0.3 is 4.74 Å². The molecular formula is C22H22ClN3O4S. The number of aryl methyl sites for hydroxylation is 1. The second kappa shape index (κ2) is 7.60. The predicted octanol–water partition coefficient (Wildman–Crippen LogP) is 3.99. The molecule has 1 atom stereocenters. The van der Waals surface area contributed by atoms with Crippen molar-refractivity contribution in [3.05, 3.63) is 57.9 Å². The lowest BCUT2D eigenvalue weighted by atomic mass is 10.1. The lowest BCUT2D eigenvalue weighted by Gasteiger charge is -2.12. The summed E-state index contributed by atoms with van der Waals surface area (Å²) in [4.78, 5) is 17.9. The molecule has 1 aliphatic heterocycles. The Hall–Kier alpha value is -2.45. The van der Waals surface area contributed by atoms with Crippen LogP contribution in [0.15, 0.2) is 30.3 Å². The number of halogens is 1. The summed E-state index contributed by atoms with van der Waals surface area (Å²) in [6, 6.07) is 8.77. The van der Waals surface area contributed by atoms with E-state index in [2.05, 4.69) is 5.10 Å². The van der Waals surface area contributed by atoms with Crippen molar-refractivity contribution >= 4 is 38.4 Å². The van der Waals surface area contributed by atoms with Crippen molar-refractivity contribution in [3.8, 4) is 0 Å². The summed E-state index contributed by atoms with van der Waals surface area (Å²) in [6.07, 6.45) is 2.55. The SMILES string of the molecule is Cc1nn(C2CCS(=O)(=O)C2)c2nc(C3CC3)cc(C(=O)OCc3ccccc3Cl)c12. The number of hydrogen-bond acceptors (Lipinski definition) is 6. The topological polar surface area (TPSA) is 91.1 Å². The van der Waals surface area contributed by atoms with Crippen molar-refractivity contribution in [2.24, 2.45) is 0 Å². The van der Waals surface area contributed by atoms with E-state index in [-0.39, 0.29) is 24.2 Å². The number of aromatic nitrogens is 3. The zero-order valence-electron chi connectivity index (χ0n) is 17.0. The van der Waals surface area contributed by atoms with Crippen molar-refractivity contribution in [3.63, 3.8) is 0 Å². The first-order chi connectivity index (χ1) is 14.8. The second-order valence-corrected chi connectivity index (χ2v) is 11.0. The molecular weight excluding hydrogens is 438 g/mol. The molecule has 5 rings (SSSR count). The van der Waals surface area contributed by atoms with Crippen LogP contribution in [0.5, 0.6) is 0 Å². The molecule has 2 aromatic heterocycles. The first-order valence-electron chi connectivity index (χ1n) is 10.3. The average Bonchev–Trinajstić information content (AvgIpc) is 3.45. The first-order valence-corrected chi connectivity index (χ1v) is 12.5. The number of sulfone groups is 1. The summed E-state index contributed by atoms with van der Waals surface area (Å²) in [5, 5.41) is 5.76. The van der Waals surface area contributed by atoms with Crippen LogP contribution in [-0.4, -0.2) is 40.7 Å². The van der Waals surface area contributed by atoms with Crippen molar-refractivity contribution in [2.45, 2.75) is 44.8 Å². The van der Waals surface area contributed by atoms with Crippen LogP contribution in [0.25, 0.3) is 11.0 Å². The molecule has 3 aromatic rings. The van der Waals surface area contributed by atoms with Crippen LogP contribution in [0.2, 0.25) is 5.02 Å². The number of esters is 1. The molecule has 0 radical (unpaired) electrons. The standard InChI is InChI=1S/C22H22ClN3O4S/c1-13-20-17(22(27)30-11-15-4-2-3-5-18(15)23)10-19(14-6-7-14)24-21(20)26(25-13)16-8-9-31(28,29)12-16/h2-5,10,14,16H,6-9,11-12H2,1H3. The molecule has 31 heavy (non-hydrogen) atoms. The predicted molar refractivity (Wildman–Crippen MR) is 117 cm³/mol. The van der Waals surface area contributed by atoms with Crippen molar-refractivity contribution in [1.82, 2.24) is 14.8 Å². The molecule has 0 N–H and O–H groups in total. The Morgan fingerprint density at radius 1 is 1.26 bits per heavy atom. The molecule has 7 nitrogen and oxygen atoms in total. The third-order valence-corrected chi connectivity index (χ3v) is 8.06. The van der Waals surface area contributed by atoms with Gasteiger partial charge in [0.25, 0.3) is 0 Å². The highest BCUT2D eigenvalue weighted by Crippen LogP contribution is 2.41.